The first-order valence-corrected chi connectivity index (χ1v) is 10.5. The predicted molar refractivity (Wildman–Crippen MR) is 111 cm³/mol. The van der Waals surface area contributed by atoms with Gasteiger partial charge in [-0.25, -0.2) is 0 Å². The van der Waals surface area contributed by atoms with Crippen LogP contribution in [0, 0.1) is 5.92 Å². The van der Waals surface area contributed by atoms with Gasteiger partial charge in [-0.05, 0) is 30.2 Å². The van der Waals surface area contributed by atoms with E-state index in [0.29, 0.717) is 35.1 Å². The number of ether oxygens (including phenoxy) is 2. The number of methoxy groups -OCH3 is 2. The Kier molecular flexibility index (Phi) is 6.07. The van der Waals surface area contributed by atoms with E-state index in [-0.39, 0.29) is 23.1 Å². The van der Waals surface area contributed by atoms with Crippen molar-refractivity contribution in [2.75, 3.05) is 24.9 Å². The molecule has 1 aliphatic heterocycles. The van der Waals surface area contributed by atoms with Gasteiger partial charge in [0.2, 0.25) is 5.91 Å². The molecule has 0 radical (unpaired) electrons. The summed E-state index contributed by atoms with van der Waals surface area (Å²) in [6.45, 7) is 1.87. The lowest BCUT2D eigenvalue weighted by molar-refractivity contribution is -0.116. The van der Waals surface area contributed by atoms with Crippen LogP contribution >= 0.6 is 0 Å². The zero-order valence-corrected chi connectivity index (χ0v) is 17.2. The molecule has 29 heavy (non-hydrogen) atoms. The van der Waals surface area contributed by atoms with Gasteiger partial charge in [-0.15, -0.1) is 4.40 Å². The topological polar surface area (TPSA) is 106 Å². The van der Waals surface area contributed by atoms with Crippen LogP contribution < -0.4 is 20.1 Å². The van der Waals surface area contributed by atoms with Gasteiger partial charge in [-0.2, -0.15) is 8.42 Å². The summed E-state index contributed by atoms with van der Waals surface area (Å²) in [5.41, 5.74) is 1.09. The fourth-order valence-corrected chi connectivity index (χ4v) is 4.26. The number of anilines is 2. The molecular formula is C20H23N3O5S. The average molecular weight is 417 g/mol. The molecule has 0 aromatic heterocycles. The molecule has 2 aromatic carbocycles. The Morgan fingerprint density at radius 3 is 2.59 bits per heavy atom. The van der Waals surface area contributed by atoms with Crippen LogP contribution in [0.5, 0.6) is 11.5 Å². The molecule has 9 heteroatoms. The van der Waals surface area contributed by atoms with Crippen molar-refractivity contribution in [2.24, 2.45) is 10.3 Å². The maximum absolute atomic E-state index is 12.4. The van der Waals surface area contributed by atoms with Crippen LogP contribution in [0.4, 0.5) is 11.4 Å². The normalized spacial score (nSPS) is 15.3. The Morgan fingerprint density at radius 2 is 1.86 bits per heavy atom. The maximum Gasteiger partial charge on any atom is 0.286 e. The van der Waals surface area contributed by atoms with E-state index >= 15 is 0 Å². The quantitative estimate of drug-likeness (QED) is 0.716. The van der Waals surface area contributed by atoms with Gasteiger partial charge in [0.15, 0.2) is 11.5 Å². The lowest BCUT2D eigenvalue weighted by Crippen LogP contribution is -2.25. The molecule has 0 aliphatic carbocycles. The van der Waals surface area contributed by atoms with E-state index in [1.807, 2.05) is 6.92 Å². The number of hydrogen-bond acceptors (Lipinski definition) is 6. The molecule has 0 saturated heterocycles. The average Bonchev–Trinajstić information content (AvgIpc) is 2.67. The van der Waals surface area contributed by atoms with Crippen LogP contribution in [-0.4, -0.2) is 34.4 Å². The standard InChI is InChI=1S/C20H23N3O5S/c1-13(10-19-22-15-6-4-5-7-18(15)29(25,26)23-19)11-20(24)21-14-8-9-16(27-2)17(12-14)28-3/h4-9,12-13H,10-11H2,1-3H3,(H,21,24)(H,22,23)/t13-/m0/s1. The van der Waals surface area contributed by atoms with Crippen LogP contribution in [0.15, 0.2) is 51.8 Å². The van der Waals surface area contributed by atoms with E-state index in [1.165, 1.54) is 13.2 Å². The number of fused-ring (bicyclic) bond motifs is 1. The second kappa shape index (κ2) is 8.52. The van der Waals surface area contributed by atoms with Crippen molar-refractivity contribution in [3.8, 4) is 11.5 Å². The van der Waals surface area contributed by atoms with E-state index in [2.05, 4.69) is 15.0 Å². The Labute approximate surface area is 170 Å². The van der Waals surface area contributed by atoms with Crippen LogP contribution in [0.25, 0.3) is 0 Å². The van der Waals surface area contributed by atoms with Crippen molar-refractivity contribution in [1.82, 2.24) is 0 Å². The second-order valence-corrected chi connectivity index (χ2v) is 8.34. The lowest BCUT2D eigenvalue weighted by Gasteiger charge is -2.20. The van der Waals surface area contributed by atoms with E-state index < -0.39 is 10.0 Å². The van der Waals surface area contributed by atoms with Crippen LogP contribution in [0.1, 0.15) is 19.8 Å². The minimum absolute atomic E-state index is 0.123. The van der Waals surface area contributed by atoms with Crippen LogP contribution in [0.2, 0.25) is 0 Å². The molecule has 1 amide bonds. The number of nitrogens with zero attached hydrogens (tertiary/aromatic N) is 1. The van der Waals surface area contributed by atoms with Crippen molar-refractivity contribution in [3.63, 3.8) is 0 Å². The number of benzene rings is 2. The summed E-state index contributed by atoms with van der Waals surface area (Å²) in [6.07, 6.45) is 0.531. The molecule has 8 nitrogen and oxygen atoms in total. The highest BCUT2D eigenvalue weighted by molar-refractivity contribution is 7.90. The van der Waals surface area contributed by atoms with E-state index in [9.17, 15) is 13.2 Å². The Balaban J connectivity index is 1.62. The van der Waals surface area contributed by atoms with Gasteiger partial charge in [-0.1, -0.05) is 19.1 Å². The molecule has 2 N–H and O–H groups in total. The third-order valence-electron chi connectivity index (χ3n) is 4.42. The third kappa shape index (κ3) is 4.86. The molecule has 0 saturated carbocycles. The fraction of sp³-hybridized carbons (Fsp3) is 0.300. The smallest absolute Gasteiger partial charge is 0.286 e. The number of amides is 1. The van der Waals surface area contributed by atoms with Crippen LogP contribution in [0.3, 0.4) is 0 Å². The minimum atomic E-state index is -3.73. The Bertz CT molecular complexity index is 1050. The zero-order valence-electron chi connectivity index (χ0n) is 16.4. The first-order valence-electron chi connectivity index (χ1n) is 9.04. The van der Waals surface area contributed by atoms with Gasteiger partial charge in [0.05, 0.1) is 19.9 Å². The summed E-state index contributed by atoms with van der Waals surface area (Å²) in [5, 5.41) is 5.86. The number of hydrogen-bond donors (Lipinski definition) is 2. The van der Waals surface area contributed by atoms with Gasteiger partial charge in [0.25, 0.3) is 10.0 Å². The van der Waals surface area contributed by atoms with Crippen molar-refractivity contribution in [1.29, 1.82) is 0 Å². The van der Waals surface area contributed by atoms with E-state index in [4.69, 9.17) is 9.47 Å². The van der Waals surface area contributed by atoms with Gasteiger partial charge in [0.1, 0.15) is 10.7 Å². The lowest BCUT2D eigenvalue weighted by atomic mass is 10.0. The number of sulfonamides is 1. The monoisotopic (exact) mass is 417 g/mol. The molecule has 0 unspecified atom stereocenters. The van der Waals surface area contributed by atoms with Gasteiger partial charge in [-0.3, -0.25) is 4.79 Å². The number of amidine groups is 1. The molecule has 1 aliphatic rings. The highest BCUT2D eigenvalue weighted by atomic mass is 32.2. The molecular weight excluding hydrogens is 394 g/mol. The Morgan fingerprint density at radius 1 is 1.14 bits per heavy atom. The van der Waals surface area contributed by atoms with E-state index in [0.717, 1.165) is 0 Å². The molecule has 0 fully saturated rings. The zero-order chi connectivity index (χ0) is 21.0. The summed E-state index contributed by atoms with van der Waals surface area (Å²) in [7, 11) is -0.666. The molecule has 1 atom stereocenters. The van der Waals surface area contributed by atoms with Crippen molar-refractivity contribution in [2.45, 2.75) is 24.7 Å². The van der Waals surface area contributed by atoms with Gasteiger partial charge in [0, 0.05) is 24.6 Å². The van der Waals surface area contributed by atoms with Crippen molar-refractivity contribution < 1.29 is 22.7 Å². The van der Waals surface area contributed by atoms with Crippen LogP contribution in [-0.2, 0) is 14.8 Å². The summed E-state index contributed by atoms with van der Waals surface area (Å²) >= 11 is 0. The summed E-state index contributed by atoms with van der Waals surface area (Å²) < 4.78 is 38.9. The third-order valence-corrected chi connectivity index (χ3v) is 5.79. The summed E-state index contributed by atoms with van der Waals surface area (Å²) in [6, 6.07) is 11.7. The molecule has 2 aromatic rings. The molecule has 1 heterocycles. The molecule has 0 spiro atoms. The minimum Gasteiger partial charge on any atom is -0.493 e. The highest BCUT2D eigenvalue weighted by Crippen LogP contribution is 2.30. The van der Waals surface area contributed by atoms with Gasteiger partial charge >= 0.3 is 0 Å². The predicted octanol–water partition coefficient (Wildman–Crippen LogP) is 3.27. The molecule has 154 valence electrons. The number of para-hydroxylation sites is 1. The number of carbonyl (C=O) groups excluding carboxylic acids is 1. The number of carbonyl (C=O) groups is 1. The first-order chi connectivity index (χ1) is 13.8. The van der Waals surface area contributed by atoms with Gasteiger partial charge < -0.3 is 20.1 Å². The SMILES string of the molecule is COc1ccc(NC(=O)C[C@@H](C)CC2=NS(=O)(=O)c3ccccc3N2)cc1OC. The second-order valence-electron chi connectivity index (χ2n) is 6.77. The number of rotatable bonds is 7. The Hall–Kier alpha value is -3.07. The highest BCUT2D eigenvalue weighted by Gasteiger charge is 2.25. The van der Waals surface area contributed by atoms with Crippen molar-refractivity contribution in [3.05, 3.63) is 42.5 Å². The summed E-state index contributed by atoms with van der Waals surface area (Å²) in [5.74, 6) is 1.10. The van der Waals surface area contributed by atoms with Crippen molar-refractivity contribution >= 4 is 33.1 Å². The summed E-state index contributed by atoms with van der Waals surface area (Å²) in [4.78, 5) is 12.5. The maximum atomic E-state index is 12.4. The first kappa shape index (κ1) is 20.7. The fourth-order valence-electron chi connectivity index (χ4n) is 3.10. The van der Waals surface area contributed by atoms with E-state index in [1.54, 1.807) is 43.5 Å². The number of nitrogens with one attached hydrogen (secondary N) is 2. The molecule has 3 rings (SSSR count). The largest absolute Gasteiger partial charge is 0.493 e. The molecule has 0 bridgehead atoms.